The highest BCUT2D eigenvalue weighted by molar-refractivity contribution is 5.87. The number of benzene rings is 1. The van der Waals surface area contributed by atoms with Gasteiger partial charge in [-0.1, -0.05) is 12.1 Å². The van der Waals surface area contributed by atoms with Crippen LogP contribution in [0.4, 0.5) is 0 Å². The van der Waals surface area contributed by atoms with Gasteiger partial charge in [0.1, 0.15) is 12.4 Å². The Kier molecular flexibility index (Phi) is 5.81. The summed E-state index contributed by atoms with van der Waals surface area (Å²) in [5, 5.41) is 2.81. The van der Waals surface area contributed by atoms with Crippen LogP contribution in [-0.2, 0) is 17.6 Å². The lowest BCUT2D eigenvalue weighted by Crippen LogP contribution is -2.26. The van der Waals surface area contributed by atoms with Gasteiger partial charge in [0, 0.05) is 12.6 Å². The molecule has 0 heterocycles. The van der Waals surface area contributed by atoms with E-state index in [4.69, 9.17) is 4.74 Å². The van der Waals surface area contributed by atoms with Crippen LogP contribution < -0.4 is 10.1 Å². The fraction of sp³-hybridized carbons (Fsp3) is 0.471. The van der Waals surface area contributed by atoms with Crippen molar-refractivity contribution in [2.24, 2.45) is 0 Å². The summed E-state index contributed by atoms with van der Waals surface area (Å²) in [7, 11) is 3.93. The summed E-state index contributed by atoms with van der Waals surface area (Å²) < 4.78 is 5.68. The maximum absolute atomic E-state index is 11.5. The van der Waals surface area contributed by atoms with Crippen molar-refractivity contribution in [1.29, 1.82) is 0 Å². The summed E-state index contributed by atoms with van der Waals surface area (Å²) in [6.45, 7) is 1.77. The van der Waals surface area contributed by atoms with Crippen LogP contribution in [0.15, 0.2) is 30.4 Å². The summed E-state index contributed by atoms with van der Waals surface area (Å²) in [6.07, 6.45) is 6.99. The Morgan fingerprint density at radius 2 is 2.14 bits per heavy atom. The van der Waals surface area contributed by atoms with Crippen LogP contribution in [-0.4, -0.2) is 44.6 Å². The van der Waals surface area contributed by atoms with Gasteiger partial charge in [-0.2, -0.15) is 0 Å². The number of carbonyl (C=O) groups is 1. The number of nitrogens with one attached hydrogen (secondary N) is 1. The van der Waals surface area contributed by atoms with E-state index in [9.17, 15) is 4.79 Å². The fourth-order valence-corrected chi connectivity index (χ4v) is 2.41. The topological polar surface area (TPSA) is 41.6 Å². The highest BCUT2D eigenvalue weighted by Gasteiger charge is 2.10. The lowest BCUT2D eigenvalue weighted by Gasteiger charge is -2.08. The van der Waals surface area contributed by atoms with E-state index < -0.39 is 0 Å². The second-order valence-corrected chi connectivity index (χ2v) is 5.59. The van der Waals surface area contributed by atoms with E-state index in [2.05, 4.69) is 17.4 Å². The first-order valence-corrected chi connectivity index (χ1v) is 7.49. The molecular weight excluding hydrogens is 264 g/mol. The molecule has 0 aliphatic heterocycles. The molecule has 0 saturated heterocycles. The predicted octanol–water partition coefficient (Wildman–Crippen LogP) is 1.79. The maximum atomic E-state index is 11.5. The fourth-order valence-electron chi connectivity index (χ4n) is 2.41. The number of aryl methyl sites for hydroxylation is 2. The third kappa shape index (κ3) is 5.23. The van der Waals surface area contributed by atoms with Crippen molar-refractivity contribution in [1.82, 2.24) is 10.2 Å². The molecule has 0 radical (unpaired) electrons. The number of fused-ring (bicyclic) bond motifs is 1. The lowest BCUT2D eigenvalue weighted by molar-refractivity contribution is -0.116. The highest BCUT2D eigenvalue weighted by atomic mass is 16.5. The Balaban J connectivity index is 1.65. The summed E-state index contributed by atoms with van der Waals surface area (Å²) in [5.74, 6) is 0.822. The van der Waals surface area contributed by atoms with E-state index in [0.29, 0.717) is 13.2 Å². The van der Waals surface area contributed by atoms with Crippen LogP contribution in [0.3, 0.4) is 0 Å². The number of likely N-dealkylation sites (N-methyl/N-ethyl adjacent to an activating group) is 1. The third-order valence-electron chi connectivity index (χ3n) is 3.48. The van der Waals surface area contributed by atoms with Gasteiger partial charge in [-0.25, -0.2) is 0 Å². The molecule has 0 spiro atoms. The molecule has 0 atom stereocenters. The predicted molar refractivity (Wildman–Crippen MR) is 84.7 cm³/mol. The Bertz CT molecular complexity index is 510. The van der Waals surface area contributed by atoms with Crippen molar-refractivity contribution in [3.8, 4) is 5.75 Å². The van der Waals surface area contributed by atoms with Crippen LogP contribution >= 0.6 is 0 Å². The van der Waals surface area contributed by atoms with Gasteiger partial charge in [0.2, 0.25) is 5.91 Å². The quantitative estimate of drug-likeness (QED) is 0.614. The van der Waals surface area contributed by atoms with E-state index in [-0.39, 0.29) is 5.91 Å². The molecule has 1 aliphatic carbocycles. The first kappa shape index (κ1) is 15.6. The van der Waals surface area contributed by atoms with Crippen molar-refractivity contribution in [2.75, 3.05) is 33.8 Å². The van der Waals surface area contributed by atoms with Gasteiger partial charge in [0.25, 0.3) is 0 Å². The molecule has 0 unspecified atom stereocenters. The van der Waals surface area contributed by atoms with Crippen LogP contribution in [0, 0.1) is 0 Å². The van der Waals surface area contributed by atoms with Crippen molar-refractivity contribution < 1.29 is 9.53 Å². The number of nitrogens with zero attached hydrogens (tertiary/aromatic N) is 1. The molecule has 4 heteroatoms. The standard InChI is InChI=1S/C17H24N2O2/c1-19(2)11-4-7-17(20)18-10-12-21-16-9-8-14-5-3-6-15(14)13-16/h4,7-9,13H,3,5-6,10-12H2,1-2H3,(H,18,20)/b7-4+. The molecule has 1 N–H and O–H groups in total. The van der Waals surface area contributed by atoms with Gasteiger partial charge in [0.05, 0.1) is 6.54 Å². The monoisotopic (exact) mass is 288 g/mol. The zero-order valence-electron chi connectivity index (χ0n) is 12.9. The minimum absolute atomic E-state index is 0.0746. The second-order valence-electron chi connectivity index (χ2n) is 5.59. The Morgan fingerprint density at radius 1 is 1.33 bits per heavy atom. The average Bonchev–Trinajstić information content (AvgIpc) is 2.90. The number of rotatable bonds is 7. The smallest absolute Gasteiger partial charge is 0.243 e. The number of ether oxygens (including phenoxy) is 1. The number of hydrogen-bond acceptors (Lipinski definition) is 3. The van der Waals surface area contributed by atoms with Gasteiger partial charge in [-0.05, 0) is 56.6 Å². The molecule has 2 rings (SSSR count). The van der Waals surface area contributed by atoms with E-state index in [1.807, 2.05) is 31.1 Å². The normalized spacial score (nSPS) is 13.7. The Morgan fingerprint density at radius 3 is 2.95 bits per heavy atom. The summed E-state index contributed by atoms with van der Waals surface area (Å²) in [6, 6.07) is 6.30. The molecular formula is C17H24N2O2. The first-order chi connectivity index (χ1) is 10.1. The van der Waals surface area contributed by atoms with Gasteiger partial charge in [-0.3, -0.25) is 4.79 Å². The zero-order valence-corrected chi connectivity index (χ0v) is 12.9. The first-order valence-electron chi connectivity index (χ1n) is 7.49. The highest BCUT2D eigenvalue weighted by Crippen LogP contribution is 2.25. The molecule has 4 nitrogen and oxygen atoms in total. The maximum Gasteiger partial charge on any atom is 0.243 e. The Hall–Kier alpha value is -1.81. The average molecular weight is 288 g/mol. The molecule has 0 fully saturated rings. The van der Waals surface area contributed by atoms with E-state index >= 15 is 0 Å². The second kappa shape index (κ2) is 7.84. The zero-order chi connectivity index (χ0) is 15.1. The Labute approximate surface area is 126 Å². The van der Waals surface area contributed by atoms with Crippen molar-refractivity contribution >= 4 is 5.91 Å². The summed E-state index contributed by atoms with van der Waals surface area (Å²) in [4.78, 5) is 13.5. The van der Waals surface area contributed by atoms with Crippen LogP contribution in [0.1, 0.15) is 17.5 Å². The number of carbonyl (C=O) groups excluding carboxylic acids is 1. The van der Waals surface area contributed by atoms with E-state index in [1.54, 1.807) is 6.08 Å². The molecule has 0 aromatic heterocycles. The molecule has 1 aromatic rings. The van der Waals surface area contributed by atoms with E-state index in [1.165, 1.54) is 24.0 Å². The number of hydrogen-bond donors (Lipinski definition) is 1. The van der Waals surface area contributed by atoms with Gasteiger partial charge in [0.15, 0.2) is 0 Å². The molecule has 0 saturated carbocycles. The van der Waals surface area contributed by atoms with Crippen LogP contribution in [0.25, 0.3) is 0 Å². The molecule has 1 aliphatic rings. The molecule has 114 valence electrons. The van der Waals surface area contributed by atoms with E-state index in [0.717, 1.165) is 18.7 Å². The molecule has 1 aromatic carbocycles. The van der Waals surface area contributed by atoms with Gasteiger partial charge in [-0.15, -0.1) is 0 Å². The largest absolute Gasteiger partial charge is 0.492 e. The molecule has 21 heavy (non-hydrogen) atoms. The van der Waals surface area contributed by atoms with Crippen molar-refractivity contribution in [3.05, 3.63) is 41.5 Å². The van der Waals surface area contributed by atoms with Crippen molar-refractivity contribution in [3.63, 3.8) is 0 Å². The summed E-state index contributed by atoms with van der Waals surface area (Å²) in [5.41, 5.74) is 2.85. The molecule has 1 amide bonds. The van der Waals surface area contributed by atoms with Gasteiger partial charge < -0.3 is 15.0 Å². The minimum atomic E-state index is -0.0746. The lowest BCUT2D eigenvalue weighted by atomic mass is 10.1. The minimum Gasteiger partial charge on any atom is -0.492 e. The SMILES string of the molecule is CN(C)C/C=C/C(=O)NCCOc1ccc2c(c1)CCC2. The third-order valence-corrected chi connectivity index (χ3v) is 3.48. The summed E-state index contributed by atoms with van der Waals surface area (Å²) >= 11 is 0. The van der Waals surface area contributed by atoms with Crippen molar-refractivity contribution in [2.45, 2.75) is 19.3 Å². The van der Waals surface area contributed by atoms with Crippen LogP contribution in [0.5, 0.6) is 5.75 Å². The van der Waals surface area contributed by atoms with Gasteiger partial charge >= 0.3 is 0 Å². The number of amides is 1. The molecule has 0 bridgehead atoms. The van der Waals surface area contributed by atoms with Crippen LogP contribution in [0.2, 0.25) is 0 Å².